The molecule has 1 aromatic carbocycles. The average molecular weight is 380 g/mol. The lowest BCUT2D eigenvalue weighted by Gasteiger charge is -2.19. The van der Waals surface area contributed by atoms with Crippen molar-refractivity contribution >= 4 is 33.2 Å². The van der Waals surface area contributed by atoms with Gasteiger partial charge in [0, 0.05) is 17.2 Å². The lowest BCUT2D eigenvalue weighted by molar-refractivity contribution is -0.154. The molecule has 2 aromatic rings. The van der Waals surface area contributed by atoms with Gasteiger partial charge in [-0.15, -0.1) is 11.3 Å². The third-order valence-electron chi connectivity index (χ3n) is 3.40. The molecule has 1 heterocycles. The van der Waals surface area contributed by atoms with E-state index >= 15 is 0 Å². The van der Waals surface area contributed by atoms with Crippen LogP contribution < -0.4 is 9.47 Å². The van der Waals surface area contributed by atoms with Gasteiger partial charge in [0.2, 0.25) is 0 Å². The van der Waals surface area contributed by atoms with Crippen molar-refractivity contribution in [1.29, 1.82) is 0 Å². The molecule has 0 bridgehead atoms. The molecule has 0 aliphatic heterocycles. The number of hydrogen-bond acceptors (Lipinski definition) is 7. The smallest absolute Gasteiger partial charge is 0.306 e. The number of Topliss-reactive ketones (excluding diaryl/α,β-unsaturated/α-hetero) is 1. The monoisotopic (exact) mass is 380 g/mol. The largest absolute Gasteiger partial charge is 0.493 e. The van der Waals surface area contributed by atoms with Crippen molar-refractivity contribution in [2.24, 2.45) is 0 Å². The van der Waals surface area contributed by atoms with E-state index in [0.29, 0.717) is 16.4 Å². The molecule has 0 atom stereocenters. The normalized spacial score (nSPS) is 11.4. The summed E-state index contributed by atoms with van der Waals surface area (Å²) in [5, 5.41) is 9.76. The van der Waals surface area contributed by atoms with Crippen LogP contribution in [0.3, 0.4) is 0 Å². The Morgan fingerprint density at radius 2 is 1.85 bits per heavy atom. The molecule has 0 aliphatic rings. The number of carbonyl (C=O) groups is 2. The van der Waals surface area contributed by atoms with Gasteiger partial charge in [0.05, 0.1) is 25.0 Å². The molecule has 26 heavy (non-hydrogen) atoms. The van der Waals surface area contributed by atoms with Crippen molar-refractivity contribution < 1.29 is 28.9 Å². The summed E-state index contributed by atoms with van der Waals surface area (Å²) < 4.78 is 16.9. The standard InChI is InChI=1S/C19H24O6S/c1-19(2,3)25-18(22)6-5-13(21)17-10-12-9-15(24-8-7-20)14(23-4)11-16(12)26-17/h9-11,20H,5-8H2,1-4H3. The predicted octanol–water partition coefficient (Wildman–Crippen LogP) is 3.59. The minimum absolute atomic E-state index is 0.0541. The van der Waals surface area contributed by atoms with Crippen LogP contribution in [0, 0.1) is 0 Å². The first-order chi connectivity index (χ1) is 12.2. The average Bonchev–Trinajstić information content (AvgIpc) is 2.98. The molecule has 0 radical (unpaired) electrons. The first-order valence-electron chi connectivity index (χ1n) is 8.34. The summed E-state index contributed by atoms with van der Waals surface area (Å²) in [6.45, 7) is 5.44. The predicted molar refractivity (Wildman–Crippen MR) is 100 cm³/mol. The van der Waals surface area contributed by atoms with Gasteiger partial charge in [-0.05, 0) is 38.3 Å². The summed E-state index contributed by atoms with van der Waals surface area (Å²) in [6, 6.07) is 5.37. The molecule has 7 heteroatoms. The highest BCUT2D eigenvalue weighted by Gasteiger charge is 2.19. The van der Waals surface area contributed by atoms with Crippen LogP contribution in [0.2, 0.25) is 0 Å². The van der Waals surface area contributed by atoms with Crippen molar-refractivity contribution in [2.45, 2.75) is 39.2 Å². The molecule has 0 unspecified atom stereocenters. The van der Waals surface area contributed by atoms with Crippen molar-refractivity contribution in [3.05, 3.63) is 23.1 Å². The highest BCUT2D eigenvalue weighted by atomic mass is 32.1. The number of aliphatic hydroxyl groups is 1. The van der Waals surface area contributed by atoms with E-state index in [-0.39, 0.29) is 37.8 Å². The van der Waals surface area contributed by atoms with Crippen LogP contribution in [0.4, 0.5) is 0 Å². The van der Waals surface area contributed by atoms with Gasteiger partial charge in [-0.3, -0.25) is 9.59 Å². The maximum atomic E-state index is 12.4. The molecule has 1 aromatic heterocycles. The number of thiophene rings is 1. The van der Waals surface area contributed by atoms with Crippen LogP contribution in [-0.2, 0) is 9.53 Å². The van der Waals surface area contributed by atoms with E-state index in [2.05, 4.69) is 0 Å². The number of carbonyl (C=O) groups excluding carboxylic acids is 2. The molecule has 142 valence electrons. The van der Waals surface area contributed by atoms with Crippen LogP contribution in [0.1, 0.15) is 43.3 Å². The molecule has 0 saturated carbocycles. The molecular weight excluding hydrogens is 356 g/mol. The Morgan fingerprint density at radius 3 is 2.46 bits per heavy atom. The van der Waals surface area contributed by atoms with Crippen molar-refractivity contribution in [3.63, 3.8) is 0 Å². The minimum Gasteiger partial charge on any atom is -0.493 e. The Kier molecular flexibility index (Phi) is 6.61. The summed E-state index contributed by atoms with van der Waals surface area (Å²) in [4.78, 5) is 24.7. The van der Waals surface area contributed by atoms with Crippen LogP contribution in [0.15, 0.2) is 18.2 Å². The molecule has 0 amide bonds. The highest BCUT2D eigenvalue weighted by molar-refractivity contribution is 7.20. The number of ether oxygens (including phenoxy) is 3. The van der Waals surface area contributed by atoms with Gasteiger partial charge in [-0.2, -0.15) is 0 Å². The summed E-state index contributed by atoms with van der Waals surface area (Å²) in [7, 11) is 1.54. The fraction of sp³-hybridized carbons (Fsp3) is 0.474. The third kappa shape index (κ3) is 5.44. The molecule has 0 fully saturated rings. The maximum Gasteiger partial charge on any atom is 0.306 e. The molecule has 2 rings (SSSR count). The van der Waals surface area contributed by atoms with Crippen LogP contribution in [-0.4, -0.2) is 42.8 Å². The van der Waals surface area contributed by atoms with Crippen molar-refractivity contribution in [3.8, 4) is 11.5 Å². The molecule has 0 aliphatic carbocycles. The molecule has 0 saturated heterocycles. The van der Waals surface area contributed by atoms with Crippen LogP contribution in [0.5, 0.6) is 11.5 Å². The molecule has 1 N–H and O–H groups in total. The fourth-order valence-electron chi connectivity index (χ4n) is 2.34. The Labute approximate surface area is 156 Å². The van der Waals surface area contributed by atoms with E-state index in [4.69, 9.17) is 19.3 Å². The molecular formula is C19H24O6S. The van der Waals surface area contributed by atoms with E-state index in [9.17, 15) is 9.59 Å². The van der Waals surface area contributed by atoms with E-state index in [1.807, 2.05) is 0 Å². The lowest BCUT2D eigenvalue weighted by Crippen LogP contribution is -2.24. The topological polar surface area (TPSA) is 82.1 Å². The van der Waals surface area contributed by atoms with E-state index in [1.165, 1.54) is 18.4 Å². The zero-order valence-electron chi connectivity index (χ0n) is 15.5. The quantitative estimate of drug-likeness (QED) is 0.557. The zero-order valence-corrected chi connectivity index (χ0v) is 16.3. The first kappa shape index (κ1) is 20.2. The first-order valence-corrected chi connectivity index (χ1v) is 9.15. The summed E-state index contributed by atoms with van der Waals surface area (Å²) in [6.07, 6.45) is 0.158. The van der Waals surface area contributed by atoms with Gasteiger partial charge in [0.25, 0.3) is 0 Å². The summed E-state index contributed by atoms with van der Waals surface area (Å²) >= 11 is 1.35. The number of benzene rings is 1. The highest BCUT2D eigenvalue weighted by Crippen LogP contribution is 2.37. The fourth-order valence-corrected chi connectivity index (χ4v) is 3.38. The Hall–Kier alpha value is -2.12. The Morgan fingerprint density at radius 1 is 1.12 bits per heavy atom. The summed E-state index contributed by atoms with van der Waals surface area (Å²) in [5.74, 6) is 0.572. The lowest BCUT2D eigenvalue weighted by atomic mass is 10.1. The van der Waals surface area contributed by atoms with Crippen LogP contribution in [0.25, 0.3) is 10.1 Å². The van der Waals surface area contributed by atoms with Gasteiger partial charge in [0.1, 0.15) is 12.2 Å². The number of esters is 1. The van der Waals surface area contributed by atoms with Gasteiger partial charge in [0.15, 0.2) is 17.3 Å². The number of ketones is 1. The number of methoxy groups -OCH3 is 1. The second-order valence-corrected chi connectivity index (χ2v) is 7.82. The van der Waals surface area contributed by atoms with Gasteiger partial charge in [-0.1, -0.05) is 0 Å². The van der Waals surface area contributed by atoms with Gasteiger partial charge >= 0.3 is 5.97 Å². The maximum absolute atomic E-state index is 12.4. The van der Waals surface area contributed by atoms with E-state index in [0.717, 1.165) is 10.1 Å². The van der Waals surface area contributed by atoms with Crippen molar-refractivity contribution in [1.82, 2.24) is 0 Å². The van der Waals surface area contributed by atoms with E-state index < -0.39 is 5.60 Å². The van der Waals surface area contributed by atoms with Crippen LogP contribution >= 0.6 is 11.3 Å². The summed E-state index contributed by atoms with van der Waals surface area (Å²) in [5.41, 5.74) is -0.556. The molecule has 0 spiro atoms. The Bertz CT molecular complexity index is 787. The van der Waals surface area contributed by atoms with E-state index in [1.54, 1.807) is 39.0 Å². The number of fused-ring (bicyclic) bond motifs is 1. The zero-order chi connectivity index (χ0) is 19.3. The van der Waals surface area contributed by atoms with Gasteiger partial charge in [-0.25, -0.2) is 0 Å². The second kappa shape index (κ2) is 8.51. The number of aliphatic hydroxyl groups excluding tert-OH is 1. The number of rotatable bonds is 8. The Balaban J connectivity index is 2.12. The van der Waals surface area contributed by atoms with Gasteiger partial charge < -0.3 is 19.3 Å². The second-order valence-electron chi connectivity index (χ2n) is 6.73. The molecule has 6 nitrogen and oxygen atoms in total. The number of hydrogen-bond donors (Lipinski definition) is 1. The SMILES string of the molecule is COc1cc2sc(C(=O)CCC(=O)OC(C)(C)C)cc2cc1OCCO. The van der Waals surface area contributed by atoms with Crippen molar-refractivity contribution in [2.75, 3.05) is 20.3 Å². The third-order valence-corrected chi connectivity index (χ3v) is 4.54. The minimum atomic E-state index is -0.556.